The molecule has 0 saturated carbocycles. The summed E-state index contributed by atoms with van der Waals surface area (Å²) in [6.45, 7) is 0.469. The molecule has 1 aromatic rings. The molecule has 0 spiro atoms. The largest absolute Gasteiger partial charge is 0.493 e. The van der Waals surface area contributed by atoms with Gasteiger partial charge in [0.25, 0.3) is 0 Å². The SMILES string of the molecule is COc1ccc(C2CCCN2C(=O)CSC(F)(F)F)cc1OC. The molecule has 2 rings (SSSR count). The summed E-state index contributed by atoms with van der Waals surface area (Å²) < 4.78 is 47.2. The monoisotopic (exact) mass is 349 g/mol. The smallest absolute Gasteiger partial charge is 0.442 e. The van der Waals surface area contributed by atoms with E-state index in [2.05, 4.69) is 0 Å². The number of hydrogen-bond acceptors (Lipinski definition) is 4. The highest BCUT2D eigenvalue weighted by Gasteiger charge is 2.34. The van der Waals surface area contributed by atoms with Crippen molar-refractivity contribution in [3.63, 3.8) is 0 Å². The number of ether oxygens (including phenoxy) is 2. The first-order valence-corrected chi connectivity index (χ1v) is 8.06. The highest BCUT2D eigenvalue weighted by Crippen LogP contribution is 2.38. The van der Waals surface area contributed by atoms with Crippen LogP contribution in [0.1, 0.15) is 24.4 Å². The van der Waals surface area contributed by atoms with E-state index in [9.17, 15) is 18.0 Å². The van der Waals surface area contributed by atoms with Gasteiger partial charge in [0.1, 0.15) is 0 Å². The highest BCUT2D eigenvalue weighted by molar-refractivity contribution is 8.00. The third kappa shape index (κ3) is 4.46. The van der Waals surface area contributed by atoms with Gasteiger partial charge in [0.2, 0.25) is 5.91 Å². The van der Waals surface area contributed by atoms with Crippen molar-refractivity contribution in [2.75, 3.05) is 26.5 Å². The molecule has 1 aromatic carbocycles. The molecule has 1 heterocycles. The highest BCUT2D eigenvalue weighted by atomic mass is 32.2. The topological polar surface area (TPSA) is 38.8 Å². The molecule has 23 heavy (non-hydrogen) atoms. The van der Waals surface area contributed by atoms with Crippen LogP contribution in [-0.4, -0.2) is 42.8 Å². The number of nitrogens with zero attached hydrogens (tertiary/aromatic N) is 1. The summed E-state index contributed by atoms with van der Waals surface area (Å²) in [6.07, 6.45) is 1.49. The normalized spacial score (nSPS) is 18.1. The first kappa shape index (κ1) is 17.8. The minimum absolute atomic E-state index is 0.226. The number of alkyl halides is 3. The van der Waals surface area contributed by atoms with Crippen LogP contribution in [0.25, 0.3) is 0 Å². The van der Waals surface area contributed by atoms with Gasteiger partial charge in [-0.15, -0.1) is 0 Å². The maximum atomic E-state index is 12.3. The van der Waals surface area contributed by atoms with Crippen LogP contribution in [0.4, 0.5) is 13.2 Å². The lowest BCUT2D eigenvalue weighted by atomic mass is 10.0. The molecule has 0 radical (unpaired) electrons. The number of benzene rings is 1. The number of amides is 1. The molecule has 0 aliphatic carbocycles. The molecular weight excluding hydrogens is 331 g/mol. The van der Waals surface area contributed by atoms with Crippen LogP contribution in [0.2, 0.25) is 0 Å². The average Bonchev–Trinajstić information content (AvgIpc) is 3.00. The first-order chi connectivity index (χ1) is 10.9. The lowest BCUT2D eigenvalue weighted by Crippen LogP contribution is -2.32. The summed E-state index contributed by atoms with van der Waals surface area (Å²) >= 11 is -0.296. The number of rotatable bonds is 5. The second kappa shape index (κ2) is 7.33. The number of likely N-dealkylation sites (tertiary alicyclic amines) is 1. The molecular formula is C15H18F3NO3S. The van der Waals surface area contributed by atoms with E-state index in [-0.39, 0.29) is 17.8 Å². The zero-order chi connectivity index (χ0) is 17.0. The molecule has 1 amide bonds. The Morgan fingerprint density at radius 2 is 2.00 bits per heavy atom. The van der Waals surface area contributed by atoms with Gasteiger partial charge in [0.05, 0.1) is 26.0 Å². The van der Waals surface area contributed by atoms with Gasteiger partial charge in [0, 0.05) is 6.54 Å². The molecule has 1 aliphatic heterocycles. The Bertz CT molecular complexity index is 565. The molecule has 4 nitrogen and oxygen atoms in total. The summed E-state index contributed by atoms with van der Waals surface area (Å²) in [4.78, 5) is 13.6. The minimum atomic E-state index is -4.39. The fraction of sp³-hybridized carbons (Fsp3) is 0.533. The number of thioether (sulfide) groups is 1. The Morgan fingerprint density at radius 3 is 2.61 bits per heavy atom. The van der Waals surface area contributed by atoms with Crippen LogP contribution in [0.5, 0.6) is 11.5 Å². The second-order valence-electron chi connectivity index (χ2n) is 5.09. The van der Waals surface area contributed by atoms with E-state index in [1.165, 1.54) is 19.1 Å². The van der Waals surface area contributed by atoms with Gasteiger partial charge in [0.15, 0.2) is 11.5 Å². The van der Waals surface area contributed by atoms with Crippen molar-refractivity contribution < 1.29 is 27.4 Å². The molecule has 0 bridgehead atoms. The summed E-state index contributed by atoms with van der Waals surface area (Å²) in [5.41, 5.74) is -3.56. The molecule has 1 saturated heterocycles. The van der Waals surface area contributed by atoms with Crippen molar-refractivity contribution in [3.05, 3.63) is 23.8 Å². The molecule has 1 aliphatic rings. The number of hydrogen-bond donors (Lipinski definition) is 0. The van der Waals surface area contributed by atoms with Crippen LogP contribution in [0.15, 0.2) is 18.2 Å². The van der Waals surface area contributed by atoms with Crippen molar-refractivity contribution in [3.8, 4) is 11.5 Å². The molecule has 8 heteroatoms. The second-order valence-corrected chi connectivity index (χ2v) is 6.13. The summed E-state index contributed by atoms with van der Waals surface area (Å²) in [5, 5.41) is 0. The Hall–Kier alpha value is -1.57. The number of methoxy groups -OCH3 is 2. The van der Waals surface area contributed by atoms with E-state index in [0.29, 0.717) is 18.0 Å². The van der Waals surface area contributed by atoms with Gasteiger partial charge >= 0.3 is 5.51 Å². The van der Waals surface area contributed by atoms with E-state index >= 15 is 0 Å². The molecule has 1 unspecified atom stereocenters. The fourth-order valence-electron chi connectivity index (χ4n) is 2.70. The van der Waals surface area contributed by atoms with Crippen LogP contribution >= 0.6 is 11.8 Å². The molecule has 0 N–H and O–H groups in total. The van der Waals surface area contributed by atoms with Crippen molar-refractivity contribution in [1.82, 2.24) is 4.90 Å². The average molecular weight is 349 g/mol. The van der Waals surface area contributed by atoms with Crippen molar-refractivity contribution >= 4 is 17.7 Å². The zero-order valence-corrected chi connectivity index (χ0v) is 13.7. The van der Waals surface area contributed by atoms with Crippen molar-refractivity contribution in [2.45, 2.75) is 24.4 Å². The molecule has 1 fully saturated rings. The lowest BCUT2D eigenvalue weighted by molar-refractivity contribution is -0.129. The maximum Gasteiger partial charge on any atom is 0.442 e. The fourth-order valence-corrected chi connectivity index (χ4v) is 3.15. The van der Waals surface area contributed by atoms with E-state index < -0.39 is 17.2 Å². The van der Waals surface area contributed by atoms with Gasteiger partial charge in [-0.2, -0.15) is 13.2 Å². The van der Waals surface area contributed by atoms with Gasteiger partial charge in [-0.3, -0.25) is 4.79 Å². The van der Waals surface area contributed by atoms with Crippen molar-refractivity contribution in [2.24, 2.45) is 0 Å². The Labute approximate surface area is 136 Å². The molecule has 128 valence electrons. The summed E-state index contributed by atoms with van der Waals surface area (Å²) in [6, 6.07) is 5.09. The number of carbonyl (C=O) groups is 1. The van der Waals surface area contributed by atoms with Crippen LogP contribution in [-0.2, 0) is 4.79 Å². The maximum absolute atomic E-state index is 12.3. The van der Waals surface area contributed by atoms with Gasteiger partial charge in [-0.25, -0.2) is 0 Å². The summed E-state index contributed by atoms with van der Waals surface area (Å²) in [5.74, 6) is 0.0196. The molecule has 0 aromatic heterocycles. The zero-order valence-electron chi connectivity index (χ0n) is 12.9. The van der Waals surface area contributed by atoms with Crippen LogP contribution in [0, 0.1) is 0 Å². The van der Waals surface area contributed by atoms with Gasteiger partial charge in [-0.1, -0.05) is 6.07 Å². The van der Waals surface area contributed by atoms with Gasteiger partial charge in [-0.05, 0) is 42.3 Å². The van der Waals surface area contributed by atoms with Crippen LogP contribution in [0.3, 0.4) is 0 Å². The van der Waals surface area contributed by atoms with E-state index in [1.54, 1.807) is 12.1 Å². The standard InChI is InChI=1S/C15H18F3NO3S/c1-21-12-6-5-10(8-13(12)22-2)11-4-3-7-19(11)14(20)9-23-15(16,17)18/h5-6,8,11H,3-4,7,9H2,1-2H3. The third-order valence-corrected chi connectivity index (χ3v) is 4.44. The van der Waals surface area contributed by atoms with Crippen LogP contribution < -0.4 is 9.47 Å². The first-order valence-electron chi connectivity index (χ1n) is 7.08. The van der Waals surface area contributed by atoms with E-state index in [1.807, 2.05) is 6.07 Å². The predicted molar refractivity (Wildman–Crippen MR) is 81.7 cm³/mol. The quantitative estimate of drug-likeness (QED) is 0.814. The van der Waals surface area contributed by atoms with E-state index in [4.69, 9.17) is 9.47 Å². The van der Waals surface area contributed by atoms with E-state index in [0.717, 1.165) is 18.4 Å². The van der Waals surface area contributed by atoms with Gasteiger partial charge < -0.3 is 14.4 Å². The number of carbonyl (C=O) groups excluding carboxylic acids is 1. The summed E-state index contributed by atoms with van der Waals surface area (Å²) in [7, 11) is 3.04. The predicted octanol–water partition coefficient (Wildman–Crippen LogP) is 3.62. The molecule has 1 atom stereocenters. The minimum Gasteiger partial charge on any atom is -0.493 e. The Kier molecular flexibility index (Phi) is 5.67. The number of halogens is 3. The Balaban J connectivity index is 2.13. The lowest BCUT2D eigenvalue weighted by Gasteiger charge is -2.25. The Morgan fingerprint density at radius 1 is 1.30 bits per heavy atom. The van der Waals surface area contributed by atoms with Crippen molar-refractivity contribution in [1.29, 1.82) is 0 Å². The third-order valence-electron chi connectivity index (χ3n) is 3.72.